The monoisotopic (exact) mass is 141 g/mol. The molecule has 58 valence electrons. The number of ether oxygens (including phenoxy) is 1. The van der Waals surface area contributed by atoms with E-state index in [9.17, 15) is 0 Å². The minimum Gasteiger partial charge on any atom is -0.499 e. The van der Waals surface area contributed by atoms with E-state index in [1.165, 1.54) is 6.26 Å². The summed E-state index contributed by atoms with van der Waals surface area (Å²) in [6, 6.07) is 0.407. The summed E-state index contributed by atoms with van der Waals surface area (Å²) in [6.45, 7) is 3.52. The first-order valence-corrected chi connectivity index (χ1v) is 3.85. The van der Waals surface area contributed by atoms with Gasteiger partial charge in [0.1, 0.15) is 0 Å². The van der Waals surface area contributed by atoms with E-state index in [2.05, 4.69) is 6.58 Å². The molecule has 0 aromatic rings. The molecule has 10 heavy (non-hydrogen) atoms. The van der Waals surface area contributed by atoms with Crippen molar-refractivity contribution >= 4 is 0 Å². The average Bonchev–Trinajstić information content (AvgIpc) is 1.95. The second-order valence-corrected chi connectivity index (χ2v) is 2.84. The first kappa shape index (κ1) is 7.61. The van der Waals surface area contributed by atoms with Gasteiger partial charge < -0.3 is 10.5 Å². The first-order chi connectivity index (χ1) is 4.83. The van der Waals surface area contributed by atoms with Crippen LogP contribution in [-0.4, -0.2) is 12.1 Å². The van der Waals surface area contributed by atoms with Crippen LogP contribution < -0.4 is 5.73 Å². The highest BCUT2D eigenvalue weighted by atomic mass is 16.5. The van der Waals surface area contributed by atoms with Gasteiger partial charge in [-0.25, -0.2) is 0 Å². The fourth-order valence-electron chi connectivity index (χ4n) is 1.36. The Hall–Kier alpha value is -0.500. The molecule has 0 heterocycles. The molecular weight excluding hydrogens is 126 g/mol. The SMILES string of the molecule is C=COC1CCC(N)CC1. The minimum absolute atomic E-state index is 0.386. The summed E-state index contributed by atoms with van der Waals surface area (Å²) >= 11 is 0. The maximum atomic E-state index is 5.71. The van der Waals surface area contributed by atoms with E-state index in [1.807, 2.05) is 0 Å². The Bertz CT molecular complexity index is 106. The molecule has 0 unspecified atom stereocenters. The van der Waals surface area contributed by atoms with Crippen LogP contribution in [0.5, 0.6) is 0 Å². The molecule has 2 nitrogen and oxygen atoms in total. The standard InChI is InChI=1S/C8H15NO/c1-2-10-8-5-3-7(9)4-6-8/h2,7-8H,1,3-6,9H2. The zero-order chi connectivity index (χ0) is 7.40. The lowest BCUT2D eigenvalue weighted by atomic mass is 9.94. The molecule has 0 spiro atoms. The van der Waals surface area contributed by atoms with Crippen LogP contribution in [0, 0.1) is 0 Å². The Morgan fingerprint density at radius 2 is 1.90 bits per heavy atom. The highest BCUT2D eigenvalue weighted by Gasteiger charge is 2.17. The van der Waals surface area contributed by atoms with Crippen molar-refractivity contribution < 1.29 is 4.74 Å². The molecule has 0 atom stereocenters. The van der Waals surface area contributed by atoms with Gasteiger partial charge >= 0.3 is 0 Å². The molecule has 2 heteroatoms. The summed E-state index contributed by atoms with van der Waals surface area (Å²) in [4.78, 5) is 0. The average molecular weight is 141 g/mol. The van der Waals surface area contributed by atoms with Crippen LogP contribution in [0.25, 0.3) is 0 Å². The van der Waals surface area contributed by atoms with Gasteiger partial charge in [-0.05, 0) is 25.7 Å². The number of rotatable bonds is 2. The van der Waals surface area contributed by atoms with Gasteiger partial charge in [0.05, 0.1) is 12.4 Å². The van der Waals surface area contributed by atoms with Crippen molar-refractivity contribution in [3.63, 3.8) is 0 Å². The predicted octanol–water partition coefficient (Wildman–Crippen LogP) is 1.42. The Kier molecular flexibility index (Phi) is 2.75. The van der Waals surface area contributed by atoms with Crippen molar-refractivity contribution in [1.29, 1.82) is 0 Å². The number of hydrogen-bond acceptors (Lipinski definition) is 2. The molecule has 1 rings (SSSR count). The topological polar surface area (TPSA) is 35.2 Å². The predicted molar refractivity (Wildman–Crippen MR) is 41.5 cm³/mol. The molecule has 1 aliphatic rings. The normalized spacial score (nSPS) is 33.3. The van der Waals surface area contributed by atoms with E-state index < -0.39 is 0 Å². The van der Waals surface area contributed by atoms with Gasteiger partial charge in [-0.3, -0.25) is 0 Å². The lowest BCUT2D eigenvalue weighted by molar-refractivity contribution is 0.101. The van der Waals surface area contributed by atoms with E-state index in [0.717, 1.165) is 25.7 Å². The first-order valence-electron chi connectivity index (χ1n) is 3.85. The van der Waals surface area contributed by atoms with Crippen molar-refractivity contribution in [2.75, 3.05) is 0 Å². The largest absolute Gasteiger partial charge is 0.499 e. The van der Waals surface area contributed by atoms with E-state index in [1.54, 1.807) is 0 Å². The van der Waals surface area contributed by atoms with Gasteiger partial charge in [-0.2, -0.15) is 0 Å². The molecule has 0 aliphatic heterocycles. The molecule has 1 aliphatic carbocycles. The molecule has 0 aromatic heterocycles. The molecule has 0 bridgehead atoms. The van der Waals surface area contributed by atoms with Gasteiger partial charge in [-0.15, -0.1) is 0 Å². The van der Waals surface area contributed by atoms with Crippen LogP contribution in [0.1, 0.15) is 25.7 Å². The van der Waals surface area contributed by atoms with Crippen LogP contribution in [0.4, 0.5) is 0 Å². The number of hydrogen-bond donors (Lipinski definition) is 1. The van der Waals surface area contributed by atoms with Crippen LogP contribution in [0.15, 0.2) is 12.8 Å². The molecule has 1 saturated carbocycles. The molecular formula is C8H15NO. The highest BCUT2D eigenvalue weighted by molar-refractivity contribution is 4.75. The van der Waals surface area contributed by atoms with Crippen molar-refractivity contribution in [1.82, 2.24) is 0 Å². The van der Waals surface area contributed by atoms with Gasteiger partial charge in [0, 0.05) is 6.04 Å². The fraction of sp³-hybridized carbons (Fsp3) is 0.750. The third kappa shape index (κ3) is 2.03. The van der Waals surface area contributed by atoms with Crippen LogP contribution in [-0.2, 0) is 4.74 Å². The summed E-state index contributed by atoms with van der Waals surface area (Å²) in [5.74, 6) is 0. The quantitative estimate of drug-likeness (QED) is 0.590. The third-order valence-electron chi connectivity index (χ3n) is 2.01. The van der Waals surface area contributed by atoms with Gasteiger partial charge in [0.2, 0.25) is 0 Å². The zero-order valence-electron chi connectivity index (χ0n) is 6.25. The smallest absolute Gasteiger partial charge is 0.0979 e. The fourth-order valence-corrected chi connectivity index (χ4v) is 1.36. The Morgan fingerprint density at radius 1 is 1.30 bits per heavy atom. The van der Waals surface area contributed by atoms with E-state index in [-0.39, 0.29) is 0 Å². The molecule has 0 aromatic carbocycles. The summed E-state index contributed by atoms with van der Waals surface area (Å²) < 4.78 is 5.24. The molecule has 2 N–H and O–H groups in total. The molecule has 0 amide bonds. The van der Waals surface area contributed by atoms with E-state index in [0.29, 0.717) is 12.1 Å². The van der Waals surface area contributed by atoms with E-state index in [4.69, 9.17) is 10.5 Å². The molecule has 1 fully saturated rings. The van der Waals surface area contributed by atoms with Crippen LogP contribution in [0.2, 0.25) is 0 Å². The summed E-state index contributed by atoms with van der Waals surface area (Å²) in [7, 11) is 0. The summed E-state index contributed by atoms with van der Waals surface area (Å²) in [6.07, 6.45) is 6.29. The van der Waals surface area contributed by atoms with Gasteiger partial charge in [0.15, 0.2) is 0 Å². The maximum absolute atomic E-state index is 5.71. The lowest BCUT2D eigenvalue weighted by Crippen LogP contribution is -2.29. The highest BCUT2D eigenvalue weighted by Crippen LogP contribution is 2.19. The van der Waals surface area contributed by atoms with Gasteiger partial charge in [0.25, 0.3) is 0 Å². The van der Waals surface area contributed by atoms with Crippen molar-refractivity contribution in [3.05, 3.63) is 12.8 Å². The summed E-state index contributed by atoms with van der Waals surface area (Å²) in [5.41, 5.74) is 5.71. The Morgan fingerprint density at radius 3 is 2.40 bits per heavy atom. The molecule has 0 saturated heterocycles. The number of nitrogens with two attached hydrogens (primary N) is 1. The van der Waals surface area contributed by atoms with Crippen LogP contribution >= 0.6 is 0 Å². The second-order valence-electron chi connectivity index (χ2n) is 2.84. The van der Waals surface area contributed by atoms with Crippen molar-refractivity contribution in [2.45, 2.75) is 37.8 Å². The lowest BCUT2D eigenvalue weighted by Gasteiger charge is -2.25. The third-order valence-corrected chi connectivity index (χ3v) is 2.01. The summed E-state index contributed by atoms with van der Waals surface area (Å²) in [5, 5.41) is 0. The maximum Gasteiger partial charge on any atom is 0.0979 e. The van der Waals surface area contributed by atoms with Crippen molar-refractivity contribution in [3.8, 4) is 0 Å². The van der Waals surface area contributed by atoms with Crippen LogP contribution in [0.3, 0.4) is 0 Å². The molecule has 0 radical (unpaired) electrons. The Labute approximate surface area is 62.1 Å². The van der Waals surface area contributed by atoms with Crippen molar-refractivity contribution in [2.24, 2.45) is 5.73 Å². The zero-order valence-corrected chi connectivity index (χ0v) is 6.25. The second kappa shape index (κ2) is 3.62. The Balaban J connectivity index is 2.19. The van der Waals surface area contributed by atoms with Gasteiger partial charge in [-0.1, -0.05) is 6.58 Å². The minimum atomic E-state index is 0.386. The van der Waals surface area contributed by atoms with E-state index >= 15 is 0 Å².